The average molecular weight is 304 g/mol. The van der Waals surface area contributed by atoms with Crippen LogP contribution in [0.15, 0.2) is 30.3 Å². The van der Waals surface area contributed by atoms with Crippen molar-refractivity contribution in [3.05, 3.63) is 63.2 Å². The van der Waals surface area contributed by atoms with E-state index in [1.165, 1.54) is 11.1 Å². The SMILES string of the molecule is CNC(c1cc(C)c(OC)cc1C)c1cccc(C)c1Cl. The Morgan fingerprint density at radius 1 is 1.00 bits per heavy atom. The van der Waals surface area contributed by atoms with Crippen LogP contribution in [0.5, 0.6) is 5.75 Å². The summed E-state index contributed by atoms with van der Waals surface area (Å²) in [6.45, 7) is 6.20. The number of rotatable bonds is 4. The van der Waals surface area contributed by atoms with E-state index in [0.29, 0.717) is 0 Å². The molecule has 3 heteroatoms. The molecule has 0 spiro atoms. The van der Waals surface area contributed by atoms with Crippen molar-refractivity contribution in [1.82, 2.24) is 5.32 Å². The molecule has 1 N–H and O–H groups in total. The molecule has 1 atom stereocenters. The van der Waals surface area contributed by atoms with Crippen LogP contribution in [0.1, 0.15) is 33.9 Å². The number of hydrogen-bond acceptors (Lipinski definition) is 2. The van der Waals surface area contributed by atoms with Crippen LogP contribution in [0.2, 0.25) is 5.02 Å². The molecule has 2 aromatic carbocycles. The molecule has 0 amide bonds. The lowest BCUT2D eigenvalue weighted by atomic mass is 9.92. The Morgan fingerprint density at radius 3 is 2.33 bits per heavy atom. The minimum absolute atomic E-state index is 0.0713. The van der Waals surface area contributed by atoms with Crippen LogP contribution >= 0.6 is 11.6 Å². The minimum Gasteiger partial charge on any atom is -0.496 e. The third kappa shape index (κ3) is 3.07. The number of nitrogens with one attached hydrogen (secondary N) is 1. The van der Waals surface area contributed by atoms with Gasteiger partial charge in [0.15, 0.2) is 0 Å². The quantitative estimate of drug-likeness (QED) is 0.892. The molecule has 0 aliphatic heterocycles. The lowest BCUT2D eigenvalue weighted by Gasteiger charge is -2.22. The average Bonchev–Trinajstić information content (AvgIpc) is 2.47. The van der Waals surface area contributed by atoms with E-state index in [1.807, 2.05) is 26.1 Å². The van der Waals surface area contributed by atoms with Gasteiger partial charge in [-0.1, -0.05) is 35.9 Å². The van der Waals surface area contributed by atoms with Crippen LogP contribution < -0.4 is 10.1 Å². The second-order valence-electron chi connectivity index (χ2n) is 5.38. The molecule has 0 heterocycles. The summed E-state index contributed by atoms with van der Waals surface area (Å²) in [5.41, 5.74) is 5.74. The van der Waals surface area contributed by atoms with Gasteiger partial charge in [0.05, 0.1) is 13.2 Å². The lowest BCUT2D eigenvalue weighted by Crippen LogP contribution is -2.19. The van der Waals surface area contributed by atoms with Crippen molar-refractivity contribution in [1.29, 1.82) is 0 Å². The highest BCUT2D eigenvalue weighted by molar-refractivity contribution is 6.32. The Morgan fingerprint density at radius 2 is 1.71 bits per heavy atom. The third-order valence-electron chi connectivity index (χ3n) is 3.92. The number of ether oxygens (including phenoxy) is 1. The van der Waals surface area contributed by atoms with E-state index in [-0.39, 0.29) is 6.04 Å². The Labute approximate surface area is 132 Å². The van der Waals surface area contributed by atoms with Crippen molar-refractivity contribution >= 4 is 11.6 Å². The van der Waals surface area contributed by atoms with Gasteiger partial charge in [-0.3, -0.25) is 0 Å². The first-order chi connectivity index (χ1) is 9.99. The van der Waals surface area contributed by atoms with Gasteiger partial charge in [0.25, 0.3) is 0 Å². The number of halogens is 1. The molecular weight excluding hydrogens is 282 g/mol. The van der Waals surface area contributed by atoms with Crippen molar-refractivity contribution in [2.45, 2.75) is 26.8 Å². The molecule has 0 saturated heterocycles. The number of benzene rings is 2. The number of methoxy groups -OCH3 is 1. The second-order valence-corrected chi connectivity index (χ2v) is 5.76. The summed E-state index contributed by atoms with van der Waals surface area (Å²) in [6, 6.07) is 10.5. The summed E-state index contributed by atoms with van der Waals surface area (Å²) in [5, 5.41) is 4.21. The van der Waals surface area contributed by atoms with Crippen LogP contribution in [0, 0.1) is 20.8 Å². The van der Waals surface area contributed by atoms with Gasteiger partial charge < -0.3 is 10.1 Å². The zero-order valence-electron chi connectivity index (χ0n) is 13.3. The van der Waals surface area contributed by atoms with E-state index in [9.17, 15) is 0 Å². The zero-order valence-corrected chi connectivity index (χ0v) is 14.0. The largest absolute Gasteiger partial charge is 0.496 e. The van der Waals surface area contributed by atoms with Crippen molar-refractivity contribution in [3.63, 3.8) is 0 Å². The first-order valence-corrected chi connectivity index (χ1v) is 7.44. The maximum atomic E-state index is 6.50. The van der Waals surface area contributed by atoms with E-state index in [2.05, 4.69) is 37.4 Å². The molecule has 0 bridgehead atoms. The highest BCUT2D eigenvalue weighted by Gasteiger charge is 2.19. The van der Waals surface area contributed by atoms with Crippen molar-refractivity contribution in [3.8, 4) is 5.75 Å². The summed E-state index contributed by atoms with van der Waals surface area (Å²) in [4.78, 5) is 0. The van der Waals surface area contributed by atoms with Gasteiger partial charge in [-0.25, -0.2) is 0 Å². The van der Waals surface area contributed by atoms with Gasteiger partial charge in [-0.05, 0) is 61.7 Å². The van der Waals surface area contributed by atoms with E-state index in [4.69, 9.17) is 16.3 Å². The molecular formula is C18H22ClNO. The Balaban J connectivity index is 2.57. The normalized spacial score (nSPS) is 12.3. The summed E-state index contributed by atoms with van der Waals surface area (Å²) in [5.74, 6) is 0.918. The standard InChI is InChI=1S/C18H22ClNO/c1-11-7-6-8-14(17(11)19)18(20-4)15-9-13(3)16(21-5)10-12(15)2/h6-10,18,20H,1-5H3. The van der Waals surface area contributed by atoms with Crippen LogP contribution in [-0.4, -0.2) is 14.2 Å². The van der Waals surface area contributed by atoms with Crippen molar-refractivity contribution in [2.75, 3.05) is 14.2 Å². The summed E-state index contributed by atoms with van der Waals surface area (Å²) < 4.78 is 5.40. The van der Waals surface area contributed by atoms with Crippen molar-refractivity contribution in [2.24, 2.45) is 0 Å². The third-order valence-corrected chi connectivity index (χ3v) is 4.43. The molecule has 0 fully saturated rings. The smallest absolute Gasteiger partial charge is 0.122 e. The highest BCUT2D eigenvalue weighted by atomic mass is 35.5. The molecule has 112 valence electrons. The first-order valence-electron chi connectivity index (χ1n) is 7.07. The maximum Gasteiger partial charge on any atom is 0.122 e. The fourth-order valence-electron chi connectivity index (χ4n) is 2.71. The topological polar surface area (TPSA) is 21.3 Å². The van der Waals surface area contributed by atoms with Gasteiger partial charge in [-0.15, -0.1) is 0 Å². The minimum atomic E-state index is 0.0713. The molecule has 0 aliphatic rings. The second kappa shape index (κ2) is 6.50. The van der Waals surface area contributed by atoms with Gasteiger partial charge in [0, 0.05) is 5.02 Å². The van der Waals surface area contributed by atoms with Gasteiger partial charge in [0.1, 0.15) is 5.75 Å². The van der Waals surface area contributed by atoms with E-state index in [1.54, 1.807) is 7.11 Å². The van der Waals surface area contributed by atoms with Crippen LogP contribution in [0.4, 0.5) is 0 Å². The highest BCUT2D eigenvalue weighted by Crippen LogP contribution is 2.34. The molecule has 2 rings (SSSR count). The van der Waals surface area contributed by atoms with Crippen LogP contribution in [0.3, 0.4) is 0 Å². The molecule has 0 aromatic heterocycles. The van der Waals surface area contributed by atoms with Crippen LogP contribution in [-0.2, 0) is 0 Å². The summed E-state index contributed by atoms with van der Waals surface area (Å²) in [7, 11) is 3.66. The lowest BCUT2D eigenvalue weighted by molar-refractivity contribution is 0.411. The molecule has 21 heavy (non-hydrogen) atoms. The monoisotopic (exact) mass is 303 g/mol. The zero-order chi connectivity index (χ0) is 15.6. The van der Waals surface area contributed by atoms with E-state index < -0.39 is 0 Å². The maximum absolute atomic E-state index is 6.50. The summed E-state index contributed by atoms with van der Waals surface area (Å²) in [6.07, 6.45) is 0. The first kappa shape index (κ1) is 15.9. The fraction of sp³-hybridized carbons (Fsp3) is 0.333. The van der Waals surface area contributed by atoms with Crippen LogP contribution in [0.25, 0.3) is 0 Å². The van der Waals surface area contributed by atoms with E-state index >= 15 is 0 Å². The number of hydrogen-bond donors (Lipinski definition) is 1. The molecule has 0 saturated carbocycles. The molecule has 2 nitrogen and oxygen atoms in total. The molecule has 0 radical (unpaired) electrons. The Hall–Kier alpha value is -1.51. The van der Waals surface area contributed by atoms with Gasteiger partial charge in [-0.2, -0.15) is 0 Å². The predicted octanol–water partition coefficient (Wildman–Crippen LogP) is 4.58. The molecule has 2 aromatic rings. The Bertz CT molecular complexity index is 652. The van der Waals surface area contributed by atoms with Gasteiger partial charge >= 0.3 is 0 Å². The van der Waals surface area contributed by atoms with E-state index in [0.717, 1.165) is 27.5 Å². The fourth-order valence-corrected chi connectivity index (χ4v) is 2.95. The molecule has 1 unspecified atom stereocenters. The van der Waals surface area contributed by atoms with Crippen molar-refractivity contribution < 1.29 is 4.74 Å². The summed E-state index contributed by atoms with van der Waals surface area (Å²) >= 11 is 6.50. The molecule has 0 aliphatic carbocycles. The van der Waals surface area contributed by atoms with Gasteiger partial charge in [0.2, 0.25) is 0 Å². The number of aryl methyl sites for hydroxylation is 3. The predicted molar refractivity (Wildman–Crippen MR) is 89.6 cm³/mol. The Kier molecular flexibility index (Phi) is 4.92.